The minimum Gasteiger partial charge on any atom is -0.308 e. The molecule has 0 fully saturated rings. The SMILES string of the molecule is CN(C)CCN(C(=O)c1ccccc1S(C)(=O)=O)c1nc2ccc(Br)cc2s1. The van der Waals surface area contributed by atoms with Crippen LogP contribution in [-0.4, -0.2) is 57.6 Å². The van der Waals surface area contributed by atoms with Gasteiger partial charge in [-0.2, -0.15) is 0 Å². The second kappa shape index (κ2) is 8.28. The van der Waals surface area contributed by atoms with Crippen LogP contribution in [-0.2, 0) is 9.84 Å². The molecule has 0 bridgehead atoms. The van der Waals surface area contributed by atoms with Crippen LogP contribution in [0.2, 0.25) is 0 Å². The molecule has 0 saturated carbocycles. The van der Waals surface area contributed by atoms with Gasteiger partial charge in [-0.05, 0) is 44.4 Å². The quantitative estimate of drug-likeness (QED) is 0.536. The summed E-state index contributed by atoms with van der Waals surface area (Å²) in [6.07, 6.45) is 1.11. The van der Waals surface area contributed by atoms with E-state index in [-0.39, 0.29) is 16.4 Å². The Bertz CT molecular complexity index is 1130. The van der Waals surface area contributed by atoms with E-state index in [0.29, 0.717) is 18.2 Å². The van der Waals surface area contributed by atoms with Crippen molar-refractivity contribution in [2.24, 2.45) is 0 Å². The third kappa shape index (κ3) is 4.60. The molecule has 0 saturated heterocycles. The Hall–Kier alpha value is -1.81. The van der Waals surface area contributed by atoms with Gasteiger partial charge in [-0.1, -0.05) is 39.4 Å². The van der Waals surface area contributed by atoms with E-state index in [4.69, 9.17) is 0 Å². The second-order valence-electron chi connectivity index (χ2n) is 6.64. The van der Waals surface area contributed by atoms with Gasteiger partial charge in [-0.25, -0.2) is 13.4 Å². The summed E-state index contributed by atoms with van der Waals surface area (Å²) in [5.41, 5.74) is 0.950. The molecule has 0 unspecified atom stereocenters. The molecule has 9 heteroatoms. The number of halogens is 1. The van der Waals surface area contributed by atoms with Crippen molar-refractivity contribution in [3.8, 4) is 0 Å². The first-order valence-electron chi connectivity index (χ1n) is 8.48. The van der Waals surface area contributed by atoms with Gasteiger partial charge < -0.3 is 4.90 Å². The van der Waals surface area contributed by atoms with Crippen LogP contribution >= 0.6 is 27.3 Å². The first-order chi connectivity index (χ1) is 13.2. The fourth-order valence-corrected chi connectivity index (χ4v) is 5.12. The molecule has 1 aromatic heterocycles. The maximum absolute atomic E-state index is 13.4. The van der Waals surface area contributed by atoms with E-state index in [1.807, 2.05) is 37.2 Å². The van der Waals surface area contributed by atoms with Crippen LogP contribution in [0.3, 0.4) is 0 Å². The maximum atomic E-state index is 13.4. The van der Waals surface area contributed by atoms with Crippen LogP contribution in [0.15, 0.2) is 51.8 Å². The van der Waals surface area contributed by atoms with E-state index in [2.05, 4.69) is 20.9 Å². The van der Waals surface area contributed by atoms with E-state index in [1.165, 1.54) is 17.4 Å². The van der Waals surface area contributed by atoms with Crippen molar-refractivity contribution in [1.82, 2.24) is 9.88 Å². The molecule has 0 aliphatic carbocycles. The zero-order chi connectivity index (χ0) is 20.5. The normalized spacial score (nSPS) is 11.9. The van der Waals surface area contributed by atoms with Crippen molar-refractivity contribution in [3.05, 3.63) is 52.5 Å². The van der Waals surface area contributed by atoms with Crippen LogP contribution in [0.5, 0.6) is 0 Å². The largest absolute Gasteiger partial charge is 0.308 e. The molecule has 1 amide bonds. The minimum absolute atomic E-state index is 0.0266. The summed E-state index contributed by atoms with van der Waals surface area (Å²) in [4.78, 5) is 21.5. The average Bonchev–Trinajstić information content (AvgIpc) is 3.03. The van der Waals surface area contributed by atoms with Crippen molar-refractivity contribution in [2.45, 2.75) is 4.90 Å². The number of aromatic nitrogens is 1. The molecule has 148 valence electrons. The summed E-state index contributed by atoms with van der Waals surface area (Å²) in [6, 6.07) is 12.0. The average molecular weight is 482 g/mol. The van der Waals surface area contributed by atoms with E-state index in [0.717, 1.165) is 20.9 Å². The Labute approximate surface area is 176 Å². The number of hydrogen-bond donors (Lipinski definition) is 0. The third-order valence-electron chi connectivity index (χ3n) is 4.10. The number of likely N-dealkylation sites (N-methyl/N-ethyl adjacent to an activating group) is 1. The number of sulfone groups is 1. The van der Waals surface area contributed by atoms with E-state index in [1.54, 1.807) is 23.1 Å². The van der Waals surface area contributed by atoms with Gasteiger partial charge in [0.05, 0.1) is 20.7 Å². The number of rotatable bonds is 6. The summed E-state index contributed by atoms with van der Waals surface area (Å²) in [5, 5.41) is 0.545. The Morgan fingerprint density at radius 1 is 1.14 bits per heavy atom. The highest BCUT2D eigenvalue weighted by molar-refractivity contribution is 9.10. The van der Waals surface area contributed by atoms with Crippen LogP contribution in [0.4, 0.5) is 5.13 Å². The van der Waals surface area contributed by atoms with E-state index < -0.39 is 9.84 Å². The van der Waals surface area contributed by atoms with Crippen molar-refractivity contribution < 1.29 is 13.2 Å². The smallest absolute Gasteiger partial charge is 0.261 e. The summed E-state index contributed by atoms with van der Waals surface area (Å²) in [6.45, 7) is 1.01. The van der Waals surface area contributed by atoms with Crippen LogP contribution < -0.4 is 4.90 Å². The lowest BCUT2D eigenvalue weighted by Gasteiger charge is -2.22. The first kappa shape index (κ1) is 20.9. The molecule has 0 aliphatic rings. The van der Waals surface area contributed by atoms with Gasteiger partial charge in [0.2, 0.25) is 0 Å². The molecular formula is C19H20BrN3O3S2. The van der Waals surface area contributed by atoms with Crippen molar-refractivity contribution >= 4 is 58.4 Å². The Kier molecular flexibility index (Phi) is 6.18. The summed E-state index contributed by atoms with van der Waals surface area (Å²) in [5.74, 6) is -0.374. The number of fused-ring (bicyclic) bond motifs is 1. The molecule has 1 heterocycles. The standard InChI is InChI=1S/C19H20BrN3O3S2/c1-22(2)10-11-23(19-21-15-9-8-13(20)12-16(15)27-19)18(24)14-6-4-5-7-17(14)28(3,25)26/h4-9,12H,10-11H2,1-3H3. The van der Waals surface area contributed by atoms with E-state index >= 15 is 0 Å². The van der Waals surface area contributed by atoms with Gasteiger partial charge in [0.25, 0.3) is 5.91 Å². The molecule has 28 heavy (non-hydrogen) atoms. The number of hydrogen-bond acceptors (Lipinski definition) is 6. The van der Waals surface area contributed by atoms with Crippen LogP contribution in [0.25, 0.3) is 10.2 Å². The van der Waals surface area contributed by atoms with Crippen molar-refractivity contribution in [3.63, 3.8) is 0 Å². The summed E-state index contributed by atoms with van der Waals surface area (Å²) < 4.78 is 26.2. The molecule has 3 rings (SSSR count). The molecule has 0 N–H and O–H groups in total. The lowest BCUT2D eigenvalue weighted by atomic mass is 10.2. The second-order valence-corrected chi connectivity index (χ2v) is 10.5. The number of anilines is 1. The highest BCUT2D eigenvalue weighted by Crippen LogP contribution is 2.32. The zero-order valence-electron chi connectivity index (χ0n) is 15.7. The lowest BCUT2D eigenvalue weighted by Crippen LogP contribution is -2.37. The predicted molar refractivity (Wildman–Crippen MR) is 117 cm³/mol. The van der Waals surface area contributed by atoms with Crippen molar-refractivity contribution in [1.29, 1.82) is 0 Å². The molecule has 6 nitrogen and oxygen atoms in total. The predicted octanol–water partition coefficient (Wildman–Crippen LogP) is 3.67. The van der Waals surface area contributed by atoms with Crippen LogP contribution in [0.1, 0.15) is 10.4 Å². The molecule has 3 aromatic rings. The van der Waals surface area contributed by atoms with E-state index in [9.17, 15) is 13.2 Å². The third-order valence-corrected chi connectivity index (χ3v) is 6.79. The number of thiazole rings is 1. The Balaban J connectivity index is 2.08. The topological polar surface area (TPSA) is 70.6 Å². The van der Waals surface area contributed by atoms with Crippen molar-refractivity contribution in [2.75, 3.05) is 38.3 Å². The Morgan fingerprint density at radius 3 is 2.54 bits per heavy atom. The molecule has 0 atom stereocenters. The molecule has 0 aliphatic heterocycles. The van der Waals surface area contributed by atoms with Gasteiger partial charge in [-0.3, -0.25) is 9.69 Å². The summed E-state index contributed by atoms with van der Waals surface area (Å²) in [7, 11) is 0.302. The number of benzene rings is 2. The monoisotopic (exact) mass is 481 g/mol. The number of carbonyl (C=O) groups is 1. The van der Waals surface area contributed by atoms with Gasteiger partial charge in [0.15, 0.2) is 15.0 Å². The van der Waals surface area contributed by atoms with Gasteiger partial charge >= 0.3 is 0 Å². The summed E-state index contributed by atoms with van der Waals surface area (Å²) >= 11 is 4.85. The fraction of sp³-hybridized carbons (Fsp3) is 0.263. The number of amides is 1. The number of carbonyl (C=O) groups excluding carboxylic acids is 1. The fourth-order valence-electron chi connectivity index (χ4n) is 2.70. The highest BCUT2D eigenvalue weighted by Gasteiger charge is 2.26. The minimum atomic E-state index is -3.54. The van der Waals surface area contributed by atoms with Gasteiger partial charge in [0, 0.05) is 23.8 Å². The molecule has 2 aromatic carbocycles. The Morgan fingerprint density at radius 2 is 1.86 bits per heavy atom. The maximum Gasteiger partial charge on any atom is 0.261 e. The van der Waals surface area contributed by atoms with Gasteiger partial charge in [0.1, 0.15) is 0 Å². The number of nitrogens with zero attached hydrogens (tertiary/aromatic N) is 3. The lowest BCUT2D eigenvalue weighted by molar-refractivity contribution is 0.0982. The molecule has 0 radical (unpaired) electrons. The zero-order valence-corrected chi connectivity index (χ0v) is 18.9. The highest BCUT2D eigenvalue weighted by atomic mass is 79.9. The van der Waals surface area contributed by atoms with Gasteiger partial charge in [-0.15, -0.1) is 0 Å². The van der Waals surface area contributed by atoms with Crippen LogP contribution in [0, 0.1) is 0 Å². The molecular weight excluding hydrogens is 462 g/mol. The molecule has 0 spiro atoms. The first-order valence-corrected chi connectivity index (χ1v) is 12.0.